The van der Waals surface area contributed by atoms with Crippen LogP contribution in [-0.4, -0.2) is 20.5 Å². The van der Waals surface area contributed by atoms with E-state index in [1.165, 1.54) is 18.2 Å². The van der Waals surface area contributed by atoms with E-state index < -0.39 is 41.5 Å². The summed E-state index contributed by atoms with van der Waals surface area (Å²) in [7, 11) is 0. The molecule has 0 aliphatic heterocycles. The lowest BCUT2D eigenvalue weighted by molar-refractivity contribution is -0.161. The van der Waals surface area contributed by atoms with E-state index in [1.54, 1.807) is 6.92 Å². The predicted octanol–water partition coefficient (Wildman–Crippen LogP) is 2.56. The van der Waals surface area contributed by atoms with Gasteiger partial charge in [-0.15, -0.1) is 5.10 Å². The van der Waals surface area contributed by atoms with Crippen LogP contribution in [-0.2, 0) is 19.3 Å². The van der Waals surface area contributed by atoms with E-state index in [0.29, 0.717) is 21.5 Å². The summed E-state index contributed by atoms with van der Waals surface area (Å²) in [5, 5.41) is 3.02. The first kappa shape index (κ1) is 17.9. The fourth-order valence-corrected chi connectivity index (χ4v) is 2.08. The van der Waals surface area contributed by atoms with Crippen LogP contribution in [0.1, 0.15) is 17.0 Å². The zero-order valence-corrected chi connectivity index (χ0v) is 12.2. The molecule has 0 amide bonds. The number of anilines is 1. The molecule has 0 aliphatic rings. The molecule has 5 nitrogen and oxygen atoms in total. The monoisotopic (exact) mass is 354 g/mol. The number of rotatable bonds is 3. The number of halogens is 6. The number of alkyl halides is 6. The second-order valence-corrected chi connectivity index (χ2v) is 5.15. The van der Waals surface area contributed by atoms with Gasteiger partial charge in [0.05, 0.1) is 6.54 Å². The van der Waals surface area contributed by atoms with E-state index in [9.17, 15) is 31.1 Å². The molecule has 0 unspecified atom stereocenters. The van der Waals surface area contributed by atoms with Gasteiger partial charge in [0, 0.05) is 5.69 Å². The third-order valence-corrected chi connectivity index (χ3v) is 3.18. The van der Waals surface area contributed by atoms with Gasteiger partial charge in [-0.1, -0.05) is 12.1 Å². The van der Waals surface area contributed by atoms with Gasteiger partial charge >= 0.3 is 18.0 Å². The van der Waals surface area contributed by atoms with Crippen LogP contribution in [0.15, 0.2) is 23.0 Å². The van der Waals surface area contributed by atoms with Crippen molar-refractivity contribution in [2.75, 3.05) is 5.73 Å². The summed E-state index contributed by atoms with van der Waals surface area (Å²) in [6, 6.07) is 4.44. The zero-order valence-electron chi connectivity index (χ0n) is 12.2. The molecule has 0 atom stereocenters. The van der Waals surface area contributed by atoms with Gasteiger partial charge in [-0.25, -0.2) is 9.48 Å². The van der Waals surface area contributed by atoms with Crippen LogP contribution in [0.5, 0.6) is 0 Å². The lowest BCUT2D eigenvalue weighted by Gasteiger charge is -2.10. The highest BCUT2D eigenvalue weighted by Crippen LogP contribution is 2.28. The fraction of sp³-hybridized carbons (Fsp3) is 0.385. The first-order valence-corrected chi connectivity index (χ1v) is 6.55. The van der Waals surface area contributed by atoms with E-state index in [2.05, 4.69) is 5.10 Å². The summed E-state index contributed by atoms with van der Waals surface area (Å²) in [6.45, 7) is -0.833. The number of nitrogens with zero attached hydrogens (tertiary/aromatic N) is 3. The summed E-state index contributed by atoms with van der Waals surface area (Å²) >= 11 is 0. The normalized spacial score (nSPS) is 12.6. The van der Waals surface area contributed by atoms with Gasteiger partial charge in [0.25, 0.3) is 0 Å². The van der Waals surface area contributed by atoms with Crippen molar-refractivity contribution in [1.29, 1.82) is 0 Å². The Balaban J connectivity index is 2.47. The van der Waals surface area contributed by atoms with Crippen molar-refractivity contribution in [3.63, 3.8) is 0 Å². The van der Waals surface area contributed by atoms with Crippen LogP contribution in [0, 0.1) is 6.92 Å². The third-order valence-electron chi connectivity index (χ3n) is 3.18. The summed E-state index contributed by atoms with van der Waals surface area (Å²) in [4.78, 5) is 11.9. The Morgan fingerprint density at radius 3 is 2.29 bits per heavy atom. The molecule has 0 saturated carbocycles. The van der Waals surface area contributed by atoms with Crippen LogP contribution in [0.2, 0.25) is 0 Å². The molecule has 0 bridgehead atoms. The third kappa shape index (κ3) is 3.89. The highest BCUT2D eigenvalue weighted by Gasteiger charge is 2.42. The maximum absolute atomic E-state index is 12.9. The SMILES string of the molecule is Cc1cc(Cn2nc(C(F)(F)F)n(CC(F)(F)F)c2=O)ccc1N. The number of aromatic nitrogens is 3. The molecule has 24 heavy (non-hydrogen) atoms. The average molecular weight is 354 g/mol. The molecule has 2 rings (SSSR count). The second kappa shape index (κ2) is 5.87. The lowest BCUT2D eigenvalue weighted by atomic mass is 10.1. The van der Waals surface area contributed by atoms with Gasteiger partial charge in [0.15, 0.2) is 0 Å². The Labute approximate surface area is 131 Å². The maximum atomic E-state index is 12.9. The Morgan fingerprint density at radius 1 is 1.17 bits per heavy atom. The van der Waals surface area contributed by atoms with Crippen LogP contribution in [0.3, 0.4) is 0 Å². The Hall–Kier alpha value is -2.46. The van der Waals surface area contributed by atoms with Crippen LogP contribution < -0.4 is 11.4 Å². The first-order chi connectivity index (χ1) is 10.9. The molecule has 2 aromatic rings. The molecule has 1 aromatic heterocycles. The number of aryl methyl sites for hydroxylation is 1. The first-order valence-electron chi connectivity index (χ1n) is 6.55. The Kier molecular flexibility index (Phi) is 4.38. The summed E-state index contributed by atoms with van der Waals surface area (Å²) in [6.07, 6.45) is -10.2. The predicted molar refractivity (Wildman–Crippen MR) is 72.2 cm³/mol. The summed E-state index contributed by atoms with van der Waals surface area (Å²) in [5.74, 6) is -1.89. The zero-order chi connectivity index (χ0) is 18.3. The van der Waals surface area contributed by atoms with Gasteiger partial charge in [-0.05, 0) is 24.1 Å². The number of benzene rings is 1. The molecular weight excluding hydrogens is 342 g/mol. The van der Waals surface area contributed by atoms with E-state index in [4.69, 9.17) is 5.73 Å². The summed E-state index contributed by atoms with van der Waals surface area (Å²) in [5.41, 5.74) is 5.55. The smallest absolute Gasteiger partial charge is 0.399 e. The van der Waals surface area contributed by atoms with Crippen LogP contribution >= 0.6 is 0 Å². The topological polar surface area (TPSA) is 65.8 Å². The van der Waals surface area contributed by atoms with Crippen LogP contribution in [0.4, 0.5) is 32.0 Å². The number of hydrogen-bond acceptors (Lipinski definition) is 3. The highest BCUT2D eigenvalue weighted by atomic mass is 19.4. The van der Waals surface area contributed by atoms with Gasteiger partial charge in [0.1, 0.15) is 6.54 Å². The molecule has 0 saturated heterocycles. The minimum Gasteiger partial charge on any atom is -0.399 e. The maximum Gasteiger partial charge on any atom is 0.451 e. The molecule has 0 fully saturated rings. The number of nitrogen functional groups attached to an aromatic ring is 1. The van der Waals surface area contributed by atoms with Crippen molar-refractivity contribution in [3.8, 4) is 0 Å². The van der Waals surface area contributed by atoms with Crippen molar-refractivity contribution in [2.24, 2.45) is 0 Å². The van der Waals surface area contributed by atoms with Crippen molar-refractivity contribution >= 4 is 5.69 Å². The van der Waals surface area contributed by atoms with Crippen molar-refractivity contribution in [2.45, 2.75) is 32.4 Å². The van der Waals surface area contributed by atoms with E-state index >= 15 is 0 Å². The molecule has 1 aromatic carbocycles. The molecule has 0 aliphatic carbocycles. The van der Waals surface area contributed by atoms with Crippen LogP contribution in [0.25, 0.3) is 0 Å². The Bertz CT molecular complexity index is 802. The molecule has 0 radical (unpaired) electrons. The van der Waals surface area contributed by atoms with E-state index in [0.717, 1.165) is 0 Å². The molecule has 11 heteroatoms. The number of hydrogen-bond donors (Lipinski definition) is 1. The van der Waals surface area contributed by atoms with Crippen molar-refractivity contribution < 1.29 is 26.3 Å². The molecular formula is C13H12F6N4O. The van der Waals surface area contributed by atoms with Gasteiger partial charge < -0.3 is 5.73 Å². The van der Waals surface area contributed by atoms with Crippen molar-refractivity contribution in [1.82, 2.24) is 14.3 Å². The minimum atomic E-state index is -5.19. The van der Waals surface area contributed by atoms with Crippen molar-refractivity contribution in [3.05, 3.63) is 45.6 Å². The van der Waals surface area contributed by atoms with Gasteiger partial charge in [-0.2, -0.15) is 26.3 Å². The second-order valence-electron chi connectivity index (χ2n) is 5.15. The molecule has 1 heterocycles. The Morgan fingerprint density at radius 2 is 1.79 bits per heavy atom. The standard InChI is InChI=1S/C13H12F6N4O/c1-7-4-8(2-3-9(7)20)5-23-11(24)22(6-12(14,15)16)10(21-23)13(17,18)19/h2-4H,5-6,20H2,1H3. The molecule has 132 valence electrons. The van der Waals surface area contributed by atoms with Gasteiger partial charge in [-0.3, -0.25) is 4.57 Å². The largest absolute Gasteiger partial charge is 0.451 e. The lowest BCUT2D eigenvalue weighted by Crippen LogP contribution is -2.32. The van der Waals surface area contributed by atoms with E-state index in [-0.39, 0.29) is 0 Å². The quantitative estimate of drug-likeness (QED) is 0.681. The highest BCUT2D eigenvalue weighted by molar-refractivity contribution is 5.47. The number of nitrogens with two attached hydrogens (primary N) is 1. The molecule has 0 spiro atoms. The molecule has 2 N–H and O–H groups in total. The van der Waals surface area contributed by atoms with Gasteiger partial charge in [0.2, 0.25) is 5.82 Å². The average Bonchev–Trinajstić information content (AvgIpc) is 2.70. The van der Waals surface area contributed by atoms with E-state index in [1.807, 2.05) is 0 Å². The fourth-order valence-electron chi connectivity index (χ4n) is 2.08. The minimum absolute atomic E-state index is 0.347. The summed E-state index contributed by atoms with van der Waals surface area (Å²) < 4.78 is 75.8.